The van der Waals surface area contributed by atoms with Crippen LogP contribution in [-0.4, -0.2) is 17.4 Å². The molecule has 72 valence electrons. The van der Waals surface area contributed by atoms with Gasteiger partial charge in [-0.25, -0.2) is 4.79 Å². The van der Waals surface area contributed by atoms with E-state index in [1.54, 1.807) is 12.1 Å². The maximum absolute atomic E-state index is 10.7. The van der Waals surface area contributed by atoms with E-state index in [9.17, 15) is 4.79 Å². The van der Waals surface area contributed by atoms with Gasteiger partial charge < -0.3 is 10.8 Å². The molecule has 0 amide bonds. The van der Waals surface area contributed by atoms with Gasteiger partial charge in [-0.15, -0.1) is 10.2 Å². The van der Waals surface area contributed by atoms with E-state index < -0.39 is 5.97 Å². The lowest BCUT2D eigenvalue weighted by molar-refractivity contribution is 0.0698. The first kappa shape index (κ1) is 9.85. The Bertz CT molecular complexity index is 387. The third-order valence-corrected chi connectivity index (χ3v) is 1.41. The summed E-state index contributed by atoms with van der Waals surface area (Å²) in [5, 5.41) is 18.9. The predicted molar refractivity (Wildman–Crippen MR) is 50.6 cm³/mol. The molecular weight excluding hydrogens is 184 g/mol. The maximum atomic E-state index is 10.7. The van der Waals surface area contributed by atoms with Crippen LogP contribution in [0.1, 0.15) is 10.4 Å². The van der Waals surface area contributed by atoms with Crippen molar-refractivity contribution >= 4 is 18.0 Å². The molecule has 1 rings (SSSR count). The Kier molecular flexibility index (Phi) is 3.31. The van der Waals surface area contributed by atoms with Crippen LogP contribution < -0.4 is 5.73 Å². The number of nitrogens with two attached hydrogens (primary N) is 1. The maximum Gasteiger partial charge on any atom is 0.337 e. The Hall–Kier alpha value is -2.24. The zero-order chi connectivity index (χ0) is 10.4. The SMILES string of the molecule is N/C=N\N=Nc1ccccc1C(=O)O. The van der Waals surface area contributed by atoms with Gasteiger partial charge >= 0.3 is 5.97 Å². The van der Waals surface area contributed by atoms with Gasteiger partial charge in [0.15, 0.2) is 0 Å². The van der Waals surface area contributed by atoms with E-state index >= 15 is 0 Å². The molecule has 0 fully saturated rings. The van der Waals surface area contributed by atoms with Crippen LogP contribution >= 0.6 is 0 Å². The molecule has 0 atom stereocenters. The Labute approximate surface area is 79.8 Å². The molecule has 14 heavy (non-hydrogen) atoms. The predicted octanol–water partition coefficient (Wildman–Crippen LogP) is 1.37. The van der Waals surface area contributed by atoms with E-state index in [2.05, 4.69) is 15.4 Å². The molecule has 0 unspecified atom stereocenters. The number of nitrogens with zero attached hydrogens (tertiary/aromatic N) is 3. The second-order valence-corrected chi connectivity index (χ2v) is 2.28. The first-order valence-electron chi connectivity index (χ1n) is 3.72. The Morgan fingerprint density at radius 1 is 1.43 bits per heavy atom. The Morgan fingerprint density at radius 3 is 2.79 bits per heavy atom. The molecule has 0 aliphatic heterocycles. The third-order valence-electron chi connectivity index (χ3n) is 1.41. The fraction of sp³-hybridized carbons (Fsp3) is 0. The minimum Gasteiger partial charge on any atom is -0.478 e. The summed E-state index contributed by atoms with van der Waals surface area (Å²) in [4.78, 5) is 10.7. The summed E-state index contributed by atoms with van der Waals surface area (Å²) < 4.78 is 0. The highest BCUT2D eigenvalue weighted by atomic mass is 16.4. The molecule has 0 aliphatic carbocycles. The summed E-state index contributed by atoms with van der Waals surface area (Å²) in [6, 6.07) is 6.23. The van der Waals surface area contributed by atoms with Crippen LogP contribution in [0, 0.1) is 0 Å². The lowest BCUT2D eigenvalue weighted by atomic mass is 10.2. The quantitative estimate of drug-likeness (QED) is 0.327. The van der Waals surface area contributed by atoms with E-state index in [4.69, 9.17) is 10.8 Å². The zero-order valence-electron chi connectivity index (χ0n) is 7.16. The average Bonchev–Trinajstić information content (AvgIpc) is 2.19. The lowest BCUT2D eigenvalue weighted by Gasteiger charge is -1.96. The zero-order valence-corrected chi connectivity index (χ0v) is 7.16. The molecule has 6 nitrogen and oxygen atoms in total. The number of hydrogen-bond donors (Lipinski definition) is 2. The molecule has 0 saturated heterocycles. The first-order chi connectivity index (χ1) is 6.75. The summed E-state index contributed by atoms with van der Waals surface area (Å²) >= 11 is 0. The van der Waals surface area contributed by atoms with Crippen LogP contribution in [-0.2, 0) is 0 Å². The van der Waals surface area contributed by atoms with Crippen molar-refractivity contribution in [3.05, 3.63) is 29.8 Å². The van der Waals surface area contributed by atoms with Gasteiger partial charge in [0, 0.05) is 0 Å². The molecule has 6 heteroatoms. The minimum absolute atomic E-state index is 0.0727. The lowest BCUT2D eigenvalue weighted by Crippen LogP contribution is -1.95. The molecule has 3 N–H and O–H groups in total. The summed E-state index contributed by atoms with van der Waals surface area (Å²) in [5.74, 6) is -1.06. The van der Waals surface area contributed by atoms with Crippen molar-refractivity contribution in [1.82, 2.24) is 0 Å². The summed E-state index contributed by atoms with van der Waals surface area (Å²) in [6.07, 6.45) is 0.965. The highest BCUT2D eigenvalue weighted by molar-refractivity contribution is 5.93. The van der Waals surface area contributed by atoms with Crippen LogP contribution in [0.3, 0.4) is 0 Å². The monoisotopic (exact) mass is 192 g/mol. The largest absolute Gasteiger partial charge is 0.478 e. The Balaban J connectivity index is 3.01. The van der Waals surface area contributed by atoms with E-state index in [1.165, 1.54) is 12.1 Å². The molecule has 0 saturated carbocycles. The molecule has 0 radical (unpaired) electrons. The van der Waals surface area contributed by atoms with Crippen molar-refractivity contribution in [3.63, 3.8) is 0 Å². The highest BCUT2D eigenvalue weighted by Gasteiger charge is 2.07. The fourth-order valence-electron chi connectivity index (χ4n) is 0.846. The van der Waals surface area contributed by atoms with Crippen molar-refractivity contribution in [2.45, 2.75) is 0 Å². The topological polar surface area (TPSA) is 100 Å². The average molecular weight is 192 g/mol. The molecule has 1 aromatic carbocycles. The van der Waals surface area contributed by atoms with Crippen molar-refractivity contribution in [2.75, 3.05) is 0 Å². The smallest absolute Gasteiger partial charge is 0.337 e. The molecule has 0 aliphatic rings. The second kappa shape index (κ2) is 4.70. The van der Waals surface area contributed by atoms with E-state index in [1.807, 2.05) is 0 Å². The number of benzene rings is 1. The van der Waals surface area contributed by atoms with Crippen molar-refractivity contribution < 1.29 is 9.90 Å². The van der Waals surface area contributed by atoms with Crippen molar-refractivity contribution in [3.8, 4) is 0 Å². The standard InChI is InChI=1S/C8H8N4O2/c9-5-10-12-11-7-4-2-1-3-6(7)8(13)14/h1-5H,(H,13,14)(H2,9,10,11). The number of carboxylic acids is 1. The van der Waals surface area contributed by atoms with Crippen LogP contribution in [0.5, 0.6) is 0 Å². The van der Waals surface area contributed by atoms with E-state index in [0.717, 1.165) is 6.34 Å². The first-order valence-corrected chi connectivity index (χ1v) is 3.72. The van der Waals surface area contributed by atoms with Gasteiger partial charge in [-0.2, -0.15) is 0 Å². The molecular formula is C8H8N4O2. The summed E-state index contributed by atoms with van der Waals surface area (Å²) in [6.45, 7) is 0. The number of carboxylic acid groups (broad SMARTS) is 1. The van der Waals surface area contributed by atoms with Gasteiger partial charge in [0.25, 0.3) is 0 Å². The number of rotatable bonds is 3. The number of hydrogen-bond acceptors (Lipinski definition) is 3. The summed E-state index contributed by atoms with van der Waals surface area (Å²) in [7, 11) is 0. The van der Waals surface area contributed by atoms with Crippen molar-refractivity contribution in [1.29, 1.82) is 0 Å². The minimum atomic E-state index is -1.06. The normalized spacial score (nSPS) is 11.1. The van der Waals surface area contributed by atoms with E-state index in [-0.39, 0.29) is 11.3 Å². The van der Waals surface area contributed by atoms with Crippen molar-refractivity contribution in [2.24, 2.45) is 21.2 Å². The van der Waals surface area contributed by atoms with Crippen LogP contribution in [0.25, 0.3) is 0 Å². The summed E-state index contributed by atoms with van der Waals surface area (Å²) in [5.41, 5.74) is 5.24. The van der Waals surface area contributed by atoms with Gasteiger partial charge in [-0.3, -0.25) is 0 Å². The van der Waals surface area contributed by atoms with Gasteiger partial charge in [0.05, 0.1) is 5.56 Å². The fourth-order valence-corrected chi connectivity index (χ4v) is 0.846. The van der Waals surface area contributed by atoms with Crippen LogP contribution in [0.15, 0.2) is 39.7 Å². The van der Waals surface area contributed by atoms with Crippen LogP contribution in [0.2, 0.25) is 0 Å². The molecule has 0 bridgehead atoms. The van der Waals surface area contributed by atoms with E-state index in [0.29, 0.717) is 0 Å². The molecule has 0 spiro atoms. The van der Waals surface area contributed by atoms with Gasteiger partial charge in [0.1, 0.15) is 12.0 Å². The van der Waals surface area contributed by atoms with Gasteiger partial charge in [-0.1, -0.05) is 12.1 Å². The third kappa shape index (κ3) is 2.37. The molecule has 1 aromatic rings. The molecule has 0 heterocycles. The number of aromatic carboxylic acids is 1. The second-order valence-electron chi connectivity index (χ2n) is 2.28. The van der Waals surface area contributed by atoms with Crippen LogP contribution in [0.4, 0.5) is 5.69 Å². The number of carbonyl (C=O) groups is 1. The Morgan fingerprint density at radius 2 is 2.14 bits per heavy atom. The highest BCUT2D eigenvalue weighted by Crippen LogP contribution is 2.18. The van der Waals surface area contributed by atoms with Gasteiger partial charge in [-0.05, 0) is 17.4 Å². The molecule has 0 aromatic heterocycles. The van der Waals surface area contributed by atoms with Gasteiger partial charge in [0.2, 0.25) is 0 Å².